The Kier molecular flexibility index (Phi) is 5.97. The maximum Gasteiger partial charge on any atom is 0.322 e. The van der Waals surface area contributed by atoms with E-state index in [0.717, 1.165) is 24.8 Å². The summed E-state index contributed by atoms with van der Waals surface area (Å²) in [7, 11) is 0. The molecule has 0 radical (unpaired) electrons. The predicted molar refractivity (Wildman–Crippen MR) is 114 cm³/mol. The van der Waals surface area contributed by atoms with Crippen molar-refractivity contribution in [2.75, 3.05) is 18.5 Å². The molecule has 1 aliphatic heterocycles. The molecule has 2 heterocycles. The molecule has 30 heavy (non-hydrogen) atoms. The summed E-state index contributed by atoms with van der Waals surface area (Å²) < 4.78 is 11.2. The van der Waals surface area contributed by atoms with Crippen molar-refractivity contribution in [2.45, 2.75) is 39.2 Å². The summed E-state index contributed by atoms with van der Waals surface area (Å²) in [6.07, 6.45) is 2.73. The molecule has 156 valence electrons. The third-order valence-corrected chi connectivity index (χ3v) is 5.23. The van der Waals surface area contributed by atoms with Gasteiger partial charge < -0.3 is 19.5 Å². The zero-order chi connectivity index (χ0) is 20.9. The van der Waals surface area contributed by atoms with Crippen molar-refractivity contribution in [1.29, 1.82) is 0 Å². The summed E-state index contributed by atoms with van der Waals surface area (Å²) in [5, 5.41) is 7.12. The smallest absolute Gasteiger partial charge is 0.322 e. The number of ether oxygens (including phenoxy) is 1. The number of anilines is 1. The summed E-state index contributed by atoms with van der Waals surface area (Å²) in [5.41, 5.74) is 2.72. The lowest BCUT2D eigenvalue weighted by atomic mass is 10.0. The van der Waals surface area contributed by atoms with Gasteiger partial charge in [-0.2, -0.15) is 4.98 Å². The van der Waals surface area contributed by atoms with Crippen molar-refractivity contribution in [3.8, 4) is 17.1 Å². The number of nitrogens with zero attached hydrogens (tertiary/aromatic N) is 3. The Morgan fingerprint density at radius 3 is 2.80 bits per heavy atom. The molecule has 0 aliphatic carbocycles. The number of amides is 2. The van der Waals surface area contributed by atoms with E-state index in [9.17, 15) is 4.79 Å². The van der Waals surface area contributed by atoms with Crippen LogP contribution in [0.1, 0.15) is 43.7 Å². The summed E-state index contributed by atoms with van der Waals surface area (Å²) in [6, 6.07) is 15.0. The predicted octanol–water partition coefficient (Wildman–Crippen LogP) is 5.20. The highest BCUT2D eigenvalue weighted by atomic mass is 16.5. The second kappa shape index (κ2) is 8.98. The minimum atomic E-state index is -0.246. The molecule has 0 spiro atoms. The Labute approximate surface area is 176 Å². The Hall–Kier alpha value is -3.35. The molecule has 2 amide bonds. The molecule has 1 aliphatic rings. The van der Waals surface area contributed by atoms with Crippen LogP contribution < -0.4 is 10.1 Å². The highest BCUT2D eigenvalue weighted by Crippen LogP contribution is 2.32. The first-order valence-corrected chi connectivity index (χ1v) is 10.4. The van der Waals surface area contributed by atoms with E-state index in [-0.39, 0.29) is 12.1 Å². The molecule has 1 aromatic heterocycles. The zero-order valence-electron chi connectivity index (χ0n) is 17.3. The molecule has 1 N–H and O–H groups in total. The number of likely N-dealkylation sites (tertiary alicyclic amines) is 1. The van der Waals surface area contributed by atoms with E-state index in [0.29, 0.717) is 36.3 Å². The Morgan fingerprint density at radius 2 is 2.00 bits per heavy atom. The van der Waals surface area contributed by atoms with Crippen molar-refractivity contribution in [2.24, 2.45) is 0 Å². The number of para-hydroxylation sites is 2. The van der Waals surface area contributed by atoms with Gasteiger partial charge in [-0.05, 0) is 45.2 Å². The Morgan fingerprint density at radius 1 is 1.20 bits per heavy atom. The molecule has 0 unspecified atom stereocenters. The van der Waals surface area contributed by atoms with E-state index in [4.69, 9.17) is 9.26 Å². The van der Waals surface area contributed by atoms with Gasteiger partial charge in [0.25, 0.3) is 0 Å². The van der Waals surface area contributed by atoms with Crippen LogP contribution in [-0.2, 0) is 0 Å². The van der Waals surface area contributed by atoms with Gasteiger partial charge in [-0.25, -0.2) is 4.79 Å². The highest BCUT2D eigenvalue weighted by molar-refractivity contribution is 5.91. The van der Waals surface area contributed by atoms with Gasteiger partial charge in [0, 0.05) is 12.1 Å². The van der Waals surface area contributed by atoms with Crippen molar-refractivity contribution in [3.05, 3.63) is 60.0 Å². The Bertz CT molecular complexity index is 1000. The third-order valence-electron chi connectivity index (χ3n) is 5.23. The summed E-state index contributed by atoms with van der Waals surface area (Å²) >= 11 is 0. The topological polar surface area (TPSA) is 80.5 Å². The molecule has 0 bridgehead atoms. The number of carbonyl (C=O) groups excluding carboxylic acids is 1. The largest absolute Gasteiger partial charge is 0.492 e. The van der Waals surface area contributed by atoms with Gasteiger partial charge >= 0.3 is 6.03 Å². The van der Waals surface area contributed by atoms with Crippen molar-refractivity contribution >= 4 is 11.7 Å². The van der Waals surface area contributed by atoms with E-state index < -0.39 is 0 Å². The lowest BCUT2D eigenvalue weighted by Crippen LogP contribution is -2.41. The lowest BCUT2D eigenvalue weighted by Gasteiger charge is -2.33. The fourth-order valence-electron chi connectivity index (χ4n) is 3.66. The molecule has 2 aromatic carbocycles. The highest BCUT2D eigenvalue weighted by Gasteiger charge is 2.32. The normalized spacial score (nSPS) is 16.3. The van der Waals surface area contributed by atoms with Crippen LogP contribution in [0.3, 0.4) is 0 Å². The third kappa shape index (κ3) is 4.30. The number of rotatable bonds is 5. The maximum atomic E-state index is 13.1. The maximum absolute atomic E-state index is 13.1. The molecular weight excluding hydrogens is 380 g/mol. The molecule has 1 saturated heterocycles. The standard InChI is InChI=1S/C23H26N4O3/c1-3-29-20-10-5-4-8-18(20)24-23(28)27-15-7-6-9-19(27)22-25-21(26-30-22)17-13-11-16(2)12-14-17/h4-5,8,10-14,19H,3,6-7,9,15H2,1-2H3,(H,24,28)/t19-/m1/s1. The van der Waals surface area contributed by atoms with E-state index in [2.05, 4.69) is 15.5 Å². The monoisotopic (exact) mass is 406 g/mol. The van der Waals surface area contributed by atoms with Crippen molar-refractivity contribution in [1.82, 2.24) is 15.0 Å². The number of piperidine rings is 1. The molecule has 7 nitrogen and oxygen atoms in total. The fraction of sp³-hybridized carbons (Fsp3) is 0.348. The zero-order valence-corrected chi connectivity index (χ0v) is 17.3. The first-order valence-electron chi connectivity index (χ1n) is 10.4. The minimum Gasteiger partial charge on any atom is -0.492 e. The van der Waals surface area contributed by atoms with Gasteiger partial charge in [0.05, 0.1) is 12.3 Å². The van der Waals surface area contributed by atoms with E-state index in [1.807, 2.05) is 62.4 Å². The average Bonchev–Trinajstić information content (AvgIpc) is 3.26. The number of hydrogen-bond acceptors (Lipinski definition) is 5. The van der Waals surface area contributed by atoms with Crippen LogP contribution in [0.15, 0.2) is 53.1 Å². The second-order valence-corrected chi connectivity index (χ2v) is 7.39. The molecule has 1 fully saturated rings. The molecule has 1 atom stereocenters. The lowest BCUT2D eigenvalue weighted by molar-refractivity contribution is 0.142. The number of nitrogens with one attached hydrogen (secondary N) is 1. The van der Waals surface area contributed by atoms with Crippen LogP contribution in [0.4, 0.5) is 10.5 Å². The van der Waals surface area contributed by atoms with E-state index in [1.165, 1.54) is 5.56 Å². The quantitative estimate of drug-likeness (QED) is 0.630. The number of carbonyl (C=O) groups is 1. The summed E-state index contributed by atoms with van der Waals surface area (Å²) in [4.78, 5) is 19.5. The first kappa shape index (κ1) is 19.9. The second-order valence-electron chi connectivity index (χ2n) is 7.39. The SMILES string of the molecule is CCOc1ccccc1NC(=O)N1CCCC[C@@H]1c1nc(-c2ccc(C)cc2)no1. The van der Waals surface area contributed by atoms with Gasteiger partial charge in [-0.1, -0.05) is 47.1 Å². The number of hydrogen-bond donors (Lipinski definition) is 1. The van der Waals surface area contributed by atoms with Crippen LogP contribution in [0.25, 0.3) is 11.4 Å². The number of urea groups is 1. The van der Waals surface area contributed by atoms with Crippen molar-refractivity contribution in [3.63, 3.8) is 0 Å². The average molecular weight is 406 g/mol. The molecule has 0 saturated carbocycles. The van der Waals surface area contributed by atoms with Crippen LogP contribution >= 0.6 is 0 Å². The first-order chi connectivity index (χ1) is 14.7. The van der Waals surface area contributed by atoms with Gasteiger partial charge in [-0.3, -0.25) is 0 Å². The van der Waals surface area contributed by atoms with Gasteiger partial charge in [0.1, 0.15) is 11.8 Å². The van der Waals surface area contributed by atoms with E-state index >= 15 is 0 Å². The summed E-state index contributed by atoms with van der Waals surface area (Å²) in [5.74, 6) is 1.66. The molecule has 7 heteroatoms. The number of benzene rings is 2. The number of aromatic nitrogens is 2. The Balaban J connectivity index is 1.53. The fourth-order valence-corrected chi connectivity index (χ4v) is 3.66. The van der Waals surface area contributed by atoms with Gasteiger partial charge in [0.2, 0.25) is 11.7 Å². The van der Waals surface area contributed by atoms with Gasteiger partial charge in [0.15, 0.2) is 0 Å². The molecular formula is C23H26N4O3. The summed E-state index contributed by atoms with van der Waals surface area (Å²) in [6.45, 7) is 5.12. The van der Waals surface area contributed by atoms with Gasteiger partial charge in [-0.15, -0.1) is 0 Å². The van der Waals surface area contributed by atoms with Crippen LogP contribution in [0.2, 0.25) is 0 Å². The molecule has 4 rings (SSSR count). The van der Waals surface area contributed by atoms with E-state index in [1.54, 1.807) is 4.90 Å². The van der Waals surface area contributed by atoms with Crippen LogP contribution in [0.5, 0.6) is 5.75 Å². The molecule has 3 aromatic rings. The minimum absolute atomic E-state index is 0.193. The van der Waals surface area contributed by atoms with Crippen molar-refractivity contribution < 1.29 is 14.1 Å². The van der Waals surface area contributed by atoms with Crippen LogP contribution in [-0.4, -0.2) is 34.2 Å². The number of aryl methyl sites for hydroxylation is 1. The van der Waals surface area contributed by atoms with Crippen LogP contribution in [0, 0.1) is 6.92 Å².